The number of aromatic nitrogens is 2. The summed E-state index contributed by atoms with van der Waals surface area (Å²) in [6.45, 7) is 7.96. The van der Waals surface area contributed by atoms with Crippen LogP contribution in [0.4, 0.5) is 0 Å². The second-order valence-electron chi connectivity index (χ2n) is 5.96. The van der Waals surface area contributed by atoms with Crippen LogP contribution in [-0.2, 0) is 0 Å². The first-order chi connectivity index (χ1) is 11.0. The fourth-order valence-corrected chi connectivity index (χ4v) is 2.55. The van der Waals surface area contributed by atoms with E-state index in [1.807, 2.05) is 58.0 Å². The van der Waals surface area contributed by atoms with Crippen LogP contribution < -0.4 is 5.32 Å². The molecule has 124 valence electrons. The van der Waals surface area contributed by atoms with E-state index in [4.69, 9.17) is 0 Å². The van der Waals surface area contributed by atoms with Gasteiger partial charge < -0.3 is 10.4 Å². The Morgan fingerprint density at radius 2 is 1.96 bits per heavy atom. The largest absolute Gasteiger partial charge is 0.391 e. The molecule has 1 aromatic carbocycles. The van der Waals surface area contributed by atoms with Crippen LogP contribution in [0.15, 0.2) is 30.3 Å². The molecule has 2 N–H and O–H groups in total. The van der Waals surface area contributed by atoms with E-state index >= 15 is 0 Å². The van der Waals surface area contributed by atoms with Crippen molar-refractivity contribution in [1.82, 2.24) is 15.1 Å². The molecular formula is C18H25N3O2. The van der Waals surface area contributed by atoms with Gasteiger partial charge in [-0.3, -0.25) is 4.79 Å². The molecule has 0 radical (unpaired) electrons. The van der Waals surface area contributed by atoms with Crippen LogP contribution >= 0.6 is 0 Å². The lowest BCUT2D eigenvalue weighted by Crippen LogP contribution is -2.35. The van der Waals surface area contributed by atoms with E-state index in [2.05, 4.69) is 10.4 Å². The van der Waals surface area contributed by atoms with Gasteiger partial charge in [0.2, 0.25) is 0 Å². The minimum absolute atomic E-state index is 0.157. The van der Waals surface area contributed by atoms with Gasteiger partial charge in [0, 0.05) is 6.54 Å². The molecule has 0 saturated heterocycles. The average molecular weight is 315 g/mol. The number of hydrogen-bond donors (Lipinski definition) is 2. The zero-order valence-electron chi connectivity index (χ0n) is 14.2. The highest BCUT2D eigenvalue weighted by atomic mass is 16.3. The minimum Gasteiger partial charge on any atom is -0.391 e. The molecule has 5 nitrogen and oxygen atoms in total. The van der Waals surface area contributed by atoms with Gasteiger partial charge in [0.05, 0.1) is 28.7 Å². The number of aliphatic hydroxyl groups is 1. The molecule has 0 bridgehead atoms. The second kappa shape index (κ2) is 7.42. The Balaban J connectivity index is 2.17. The standard InChI is InChI=1S/C18H25N3O2/c1-5-12(2)16(22)11-19-18(23)17-13(3)20-21(14(17)4)15-9-7-6-8-10-15/h6-10,12,16,22H,5,11H2,1-4H3,(H,19,23). The summed E-state index contributed by atoms with van der Waals surface area (Å²) in [5, 5.41) is 17.3. The predicted octanol–water partition coefficient (Wildman–Crippen LogP) is 2.63. The Morgan fingerprint density at radius 1 is 1.30 bits per heavy atom. The van der Waals surface area contributed by atoms with Crippen LogP contribution in [-0.4, -0.2) is 33.4 Å². The fraction of sp³-hybridized carbons (Fsp3) is 0.444. The number of carbonyl (C=O) groups excluding carboxylic acids is 1. The van der Waals surface area contributed by atoms with E-state index in [0.717, 1.165) is 17.8 Å². The highest BCUT2D eigenvalue weighted by Gasteiger charge is 2.20. The Kier molecular flexibility index (Phi) is 5.55. The summed E-state index contributed by atoms with van der Waals surface area (Å²) in [7, 11) is 0. The smallest absolute Gasteiger partial charge is 0.255 e. The minimum atomic E-state index is -0.534. The lowest BCUT2D eigenvalue weighted by atomic mass is 10.0. The van der Waals surface area contributed by atoms with E-state index in [1.54, 1.807) is 4.68 Å². The van der Waals surface area contributed by atoms with E-state index in [-0.39, 0.29) is 18.4 Å². The molecule has 0 aliphatic rings. The number of nitrogens with zero attached hydrogens (tertiary/aromatic N) is 2. The molecular weight excluding hydrogens is 290 g/mol. The van der Waals surface area contributed by atoms with Crippen molar-refractivity contribution < 1.29 is 9.90 Å². The summed E-state index contributed by atoms with van der Waals surface area (Å²) in [5.41, 5.74) is 2.98. The molecule has 0 saturated carbocycles. The van der Waals surface area contributed by atoms with E-state index in [1.165, 1.54) is 0 Å². The number of aliphatic hydroxyl groups excluding tert-OH is 1. The molecule has 2 rings (SSSR count). The lowest BCUT2D eigenvalue weighted by molar-refractivity contribution is 0.0849. The van der Waals surface area contributed by atoms with Gasteiger partial charge >= 0.3 is 0 Å². The molecule has 5 heteroatoms. The molecule has 1 aromatic heterocycles. The van der Waals surface area contributed by atoms with Crippen molar-refractivity contribution in [2.45, 2.75) is 40.2 Å². The summed E-state index contributed by atoms with van der Waals surface area (Å²) in [5.74, 6) is -0.0333. The van der Waals surface area contributed by atoms with Crippen LogP contribution in [0.25, 0.3) is 5.69 Å². The van der Waals surface area contributed by atoms with Crippen molar-refractivity contribution in [3.8, 4) is 5.69 Å². The van der Waals surface area contributed by atoms with E-state index < -0.39 is 6.10 Å². The van der Waals surface area contributed by atoms with Crippen LogP contribution in [0.3, 0.4) is 0 Å². The van der Waals surface area contributed by atoms with Crippen molar-refractivity contribution >= 4 is 5.91 Å². The Labute approximate surface area is 137 Å². The van der Waals surface area contributed by atoms with Gasteiger partial charge in [0.25, 0.3) is 5.91 Å². The third-order valence-corrected chi connectivity index (χ3v) is 4.29. The molecule has 2 unspecified atom stereocenters. The predicted molar refractivity (Wildman–Crippen MR) is 90.8 cm³/mol. The first-order valence-electron chi connectivity index (χ1n) is 8.03. The van der Waals surface area contributed by atoms with Gasteiger partial charge in [-0.2, -0.15) is 5.10 Å². The highest BCUT2D eigenvalue weighted by Crippen LogP contribution is 2.18. The highest BCUT2D eigenvalue weighted by molar-refractivity contribution is 5.96. The first-order valence-corrected chi connectivity index (χ1v) is 8.03. The van der Waals surface area contributed by atoms with E-state index in [9.17, 15) is 9.90 Å². The molecule has 2 aromatic rings. The topological polar surface area (TPSA) is 67.2 Å². The lowest BCUT2D eigenvalue weighted by Gasteiger charge is -2.17. The maximum absolute atomic E-state index is 12.5. The molecule has 0 aliphatic heterocycles. The van der Waals surface area contributed by atoms with Crippen molar-refractivity contribution in [3.05, 3.63) is 47.3 Å². The average Bonchev–Trinajstić information content (AvgIpc) is 2.87. The number of benzene rings is 1. The number of rotatable bonds is 6. The molecule has 0 fully saturated rings. The number of amides is 1. The number of nitrogens with one attached hydrogen (secondary N) is 1. The first kappa shape index (κ1) is 17.2. The number of para-hydroxylation sites is 1. The molecule has 1 amide bonds. The van der Waals surface area contributed by atoms with Gasteiger partial charge in [-0.15, -0.1) is 0 Å². The Hall–Kier alpha value is -2.14. The maximum atomic E-state index is 12.5. The van der Waals surface area contributed by atoms with Crippen LogP contribution in [0.5, 0.6) is 0 Å². The summed E-state index contributed by atoms with van der Waals surface area (Å²) in [6, 6.07) is 9.72. The fourth-order valence-electron chi connectivity index (χ4n) is 2.55. The summed E-state index contributed by atoms with van der Waals surface area (Å²) < 4.78 is 1.77. The zero-order valence-corrected chi connectivity index (χ0v) is 14.2. The van der Waals surface area contributed by atoms with Gasteiger partial charge in [-0.1, -0.05) is 38.5 Å². The van der Waals surface area contributed by atoms with Gasteiger partial charge in [-0.05, 0) is 31.9 Å². The molecule has 23 heavy (non-hydrogen) atoms. The SMILES string of the molecule is CCC(C)C(O)CNC(=O)c1c(C)nn(-c2ccccc2)c1C. The number of aryl methyl sites for hydroxylation is 1. The van der Waals surface area contributed by atoms with Crippen molar-refractivity contribution in [3.63, 3.8) is 0 Å². The summed E-state index contributed by atoms with van der Waals surface area (Å²) in [4.78, 5) is 12.5. The third-order valence-electron chi connectivity index (χ3n) is 4.29. The maximum Gasteiger partial charge on any atom is 0.255 e. The van der Waals surface area contributed by atoms with Crippen LogP contribution in [0.1, 0.15) is 42.0 Å². The molecule has 0 spiro atoms. The Morgan fingerprint density at radius 3 is 2.57 bits per heavy atom. The Bertz CT molecular complexity index is 664. The summed E-state index contributed by atoms with van der Waals surface area (Å²) in [6.07, 6.45) is 0.342. The molecule has 2 atom stereocenters. The molecule has 1 heterocycles. The monoisotopic (exact) mass is 315 g/mol. The number of hydrogen-bond acceptors (Lipinski definition) is 3. The van der Waals surface area contributed by atoms with E-state index in [0.29, 0.717) is 11.3 Å². The van der Waals surface area contributed by atoms with Crippen LogP contribution in [0, 0.1) is 19.8 Å². The third kappa shape index (κ3) is 3.79. The normalized spacial score (nSPS) is 13.6. The van der Waals surface area contributed by atoms with Gasteiger partial charge in [0.15, 0.2) is 0 Å². The second-order valence-corrected chi connectivity index (χ2v) is 5.96. The van der Waals surface area contributed by atoms with Gasteiger partial charge in [-0.25, -0.2) is 4.68 Å². The van der Waals surface area contributed by atoms with Crippen molar-refractivity contribution in [1.29, 1.82) is 0 Å². The summed E-state index contributed by atoms with van der Waals surface area (Å²) >= 11 is 0. The van der Waals surface area contributed by atoms with Crippen molar-refractivity contribution in [2.24, 2.45) is 5.92 Å². The quantitative estimate of drug-likeness (QED) is 0.861. The zero-order chi connectivity index (χ0) is 17.0. The van der Waals surface area contributed by atoms with Crippen LogP contribution in [0.2, 0.25) is 0 Å². The number of carbonyl (C=O) groups is 1. The van der Waals surface area contributed by atoms with Gasteiger partial charge in [0.1, 0.15) is 0 Å². The molecule has 0 aliphatic carbocycles. The van der Waals surface area contributed by atoms with Crippen molar-refractivity contribution in [2.75, 3.05) is 6.54 Å².